The van der Waals surface area contributed by atoms with Crippen LogP contribution in [0.25, 0.3) is 4.96 Å². The molecule has 2 heterocycles. The molecule has 0 radical (unpaired) electrons. The predicted octanol–water partition coefficient (Wildman–Crippen LogP) is 3.88. The third kappa shape index (κ3) is 3.88. The Labute approximate surface area is 166 Å². The predicted molar refractivity (Wildman–Crippen MR) is 91.9 cm³/mol. The second-order valence-electron chi connectivity index (χ2n) is 6.01. The van der Waals surface area contributed by atoms with Crippen molar-refractivity contribution in [3.05, 3.63) is 67.8 Å². The fraction of sp³-hybridized carbons (Fsp3) is 0.235. The summed E-state index contributed by atoms with van der Waals surface area (Å²) in [6, 6.07) is 3.28. The van der Waals surface area contributed by atoms with E-state index in [1.54, 1.807) is 0 Å². The van der Waals surface area contributed by atoms with Gasteiger partial charge in [-0.25, -0.2) is 13.8 Å². The van der Waals surface area contributed by atoms with Gasteiger partial charge in [0.25, 0.3) is 11.5 Å². The highest BCUT2D eigenvalue weighted by atomic mass is 32.1. The van der Waals surface area contributed by atoms with Gasteiger partial charge in [-0.2, -0.15) is 26.3 Å². The first-order valence-corrected chi connectivity index (χ1v) is 8.85. The molecule has 0 saturated heterocycles. The van der Waals surface area contributed by atoms with E-state index in [0.29, 0.717) is 10.5 Å². The molecule has 13 heteroatoms. The lowest BCUT2D eigenvalue weighted by Gasteiger charge is -2.11. The fourth-order valence-electron chi connectivity index (χ4n) is 2.76. The van der Waals surface area contributed by atoms with E-state index in [0.717, 1.165) is 25.2 Å². The lowest BCUT2D eigenvalue weighted by molar-refractivity contribution is -0.140. The molecule has 0 bridgehead atoms. The molecule has 0 aliphatic carbocycles. The second-order valence-corrected chi connectivity index (χ2v) is 6.99. The van der Waals surface area contributed by atoms with Gasteiger partial charge < -0.3 is 5.32 Å². The highest BCUT2D eigenvalue weighted by Crippen LogP contribution is 2.37. The lowest BCUT2D eigenvalue weighted by Crippen LogP contribution is -2.27. The van der Waals surface area contributed by atoms with Crippen molar-refractivity contribution >= 4 is 22.2 Å². The zero-order valence-electron chi connectivity index (χ0n) is 14.8. The molecule has 0 aliphatic heterocycles. The average Bonchev–Trinajstić information content (AvgIpc) is 3.02. The van der Waals surface area contributed by atoms with E-state index in [1.165, 1.54) is 0 Å². The summed E-state index contributed by atoms with van der Waals surface area (Å²) in [6.45, 7) is 0. The van der Waals surface area contributed by atoms with E-state index in [1.807, 2.05) is 5.32 Å². The van der Waals surface area contributed by atoms with Crippen molar-refractivity contribution in [1.82, 2.24) is 14.7 Å². The third-order valence-electron chi connectivity index (χ3n) is 4.03. The van der Waals surface area contributed by atoms with E-state index < -0.39 is 62.7 Å². The van der Waals surface area contributed by atoms with Crippen LogP contribution >= 0.6 is 11.3 Å². The smallest absolute Gasteiger partial charge is 0.354 e. The molecule has 1 aromatic carbocycles. The van der Waals surface area contributed by atoms with Gasteiger partial charge in [0.2, 0.25) is 0 Å². The minimum atomic E-state index is -4.96. The van der Waals surface area contributed by atoms with Gasteiger partial charge in [-0.15, -0.1) is 0 Å². The van der Waals surface area contributed by atoms with Crippen molar-refractivity contribution in [3.8, 4) is 0 Å². The van der Waals surface area contributed by atoms with Crippen LogP contribution in [0, 0.1) is 5.82 Å². The standard InChI is InChI=1S/C17H10F7N3O2S/c1-25-14(29)12-13(17(22,23)24)30-15-26-8(6-10(28)27(12)15)5-7-3-2-4-9(11(7)18)16(19,20)21/h2-4,6H,5H2,1H3,(H,25,29). The molecule has 160 valence electrons. The Morgan fingerprint density at radius 3 is 2.40 bits per heavy atom. The molecule has 0 atom stereocenters. The zero-order chi connectivity index (χ0) is 22.4. The molecule has 0 saturated carbocycles. The number of carbonyl (C=O) groups excluding carboxylic acids is 1. The van der Waals surface area contributed by atoms with Gasteiger partial charge in [-0.05, 0) is 11.6 Å². The topological polar surface area (TPSA) is 63.5 Å². The van der Waals surface area contributed by atoms with Gasteiger partial charge in [0.15, 0.2) is 4.96 Å². The molecular weight excluding hydrogens is 443 g/mol. The SMILES string of the molecule is CNC(=O)c1c(C(F)(F)F)sc2nc(Cc3cccc(C(F)(F)F)c3F)cc(=O)n12. The van der Waals surface area contributed by atoms with Crippen LogP contribution < -0.4 is 10.9 Å². The van der Waals surface area contributed by atoms with Crippen LogP contribution in [0.4, 0.5) is 30.7 Å². The number of fused-ring (bicyclic) bond motifs is 1. The molecule has 0 spiro atoms. The third-order valence-corrected chi connectivity index (χ3v) is 5.11. The Hall–Kier alpha value is -2.96. The molecule has 3 aromatic rings. The Balaban J connectivity index is 2.16. The number of hydrogen-bond acceptors (Lipinski definition) is 4. The maximum absolute atomic E-state index is 14.2. The van der Waals surface area contributed by atoms with Crippen molar-refractivity contribution < 1.29 is 35.5 Å². The van der Waals surface area contributed by atoms with Crippen LogP contribution in [0.2, 0.25) is 0 Å². The number of nitrogens with zero attached hydrogens (tertiary/aromatic N) is 2. The van der Waals surface area contributed by atoms with Crippen LogP contribution in [-0.2, 0) is 18.8 Å². The number of amides is 1. The second kappa shape index (κ2) is 7.38. The zero-order valence-corrected chi connectivity index (χ0v) is 15.6. The quantitative estimate of drug-likeness (QED) is 0.613. The first kappa shape index (κ1) is 21.7. The van der Waals surface area contributed by atoms with Gasteiger partial charge in [-0.3, -0.25) is 9.59 Å². The molecule has 1 amide bonds. The number of carbonyl (C=O) groups is 1. The van der Waals surface area contributed by atoms with Crippen molar-refractivity contribution in [2.75, 3.05) is 7.05 Å². The van der Waals surface area contributed by atoms with Gasteiger partial charge >= 0.3 is 12.4 Å². The number of aromatic nitrogens is 2. The molecule has 0 aliphatic rings. The Morgan fingerprint density at radius 2 is 1.83 bits per heavy atom. The number of thiazole rings is 1. The molecule has 2 aromatic heterocycles. The van der Waals surface area contributed by atoms with Crippen LogP contribution in [0.5, 0.6) is 0 Å². The van der Waals surface area contributed by atoms with Crippen molar-refractivity contribution in [1.29, 1.82) is 0 Å². The monoisotopic (exact) mass is 453 g/mol. The molecule has 5 nitrogen and oxygen atoms in total. The summed E-state index contributed by atoms with van der Waals surface area (Å²) in [5.74, 6) is -2.74. The minimum Gasteiger partial charge on any atom is -0.354 e. The van der Waals surface area contributed by atoms with Crippen LogP contribution in [0.15, 0.2) is 29.1 Å². The van der Waals surface area contributed by atoms with E-state index in [4.69, 9.17) is 0 Å². The van der Waals surface area contributed by atoms with Crippen molar-refractivity contribution in [2.45, 2.75) is 18.8 Å². The number of rotatable bonds is 3. The van der Waals surface area contributed by atoms with E-state index >= 15 is 0 Å². The maximum atomic E-state index is 14.2. The lowest BCUT2D eigenvalue weighted by atomic mass is 10.0. The molecule has 0 fully saturated rings. The largest absolute Gasteiger partial charge is 0.427 e. The highest BCUT2D eigenvalue weighted by molar-refractivity contribution is 7.17. The average molecular weight is 453 g/mol. The summed E-state index contributed by atoms with van der Waals surface area (Å²) in [6.07, 6.45) is -10.5. The fourth-order valence-corrected chi connectivity index (χ4v) is 3.77. The summed E-state index contributed by atoms with van der Waals surface area (Å²) in [4.78, 5) is 26.3. The highest BCUT2D eigenvalue weighted by Gasteiger charge is 2.40. The summed E-state index contributed by atoms with van der Waals surface area (Å²) in [7, 11) is 1.08. The molecular formula is C17H10F7N3O2S. The minimum absolute atomic E-state index is 0.0173. The molecule has 30 heavy (non-hydrogen) atoms. The van der Waals surface area contributed by atoms with Crippen molar-refractivity contribution in [3.63, 3.8) is 0 Å². The van der Waals surface area contributed by atoms with E-state index in [2.05, 4.69) is 4.98 Å². The Morgan fingerprint density at radius 1 is 1.17 bits per heavy atom. The Kier molecular flexibility index (Phi) is 5.35. The number of alkyl halides is 6. The molecule has 3 rings (SSSR count). The first-order chi connectivity index (χ1) is 13.8. The molecule has 1 N–H and O–H groups in total. The molecule has 0 unspecified atom stereocenters. The number of nitrogens with one attached hydrogen (secondary N) is 1. The van der Waals surface area contributed by atoms with Crippen molar-refractivity contribution in [2.24, 2.45) is 0 Å². The van der Waals surface area contributed by atoms with Gasteiger partial charge in [0.1, 0.15) is 16.4 Å². The van der Waals surface area contributed by atoms with Crippen LogP contribution in [0.1, 0.15) is 32.2 Å². The van der Waals surface area contributed by atoms with Gasteiger partial charge in [-0.1, -0.05) is 23.5 Å². The number of hydrogen-bond donors (Lipinski definition) is 1. The number of halogens is 7. The first-order valence-electron chi connectivity index (χ1n) is 8.04. The normalized spacial score (nSPS) is 12.4. The number of benzene rings is 1. The van der Waals surface area contributed by atoms with Gasteiger partial charge in [0.05, 0.1) is 11.3 Å². The van der Waals surface area contributed by atoms with Gasteiger partial charge in [0, 0.05) is 19.5 Å². The van der Waals surface area contributed by atoms with E-state index in [9.17, 15) is 40.3 Å². The summed E-state index contributed by atoms with van der Waals surface area (Å²) in [5, 5.41) is 2.01. The summed E-state index contributed by atoms with van der Waals surface area (Å²) < 4.78 is 93.1. The maximum Gasteiger partial charge on any atom is 0.427 e. The summed E-state index contributed by atoms with van der Waals surface area (Å²) in [5.41, 5.74) is -4.24. The van der Waals surface area contributed by atoms with Crippen LogP contribution in [0.3, 0.4) is 0 Å². The van der Waals surface area contributed by atoms with Crippen LogP contribution in [-0.4, -0.2) is 22.3 Å². The summed E-state index contributed by atoms with van der Waals surface area (Å²) >= 11 is 0.0173. The van der Waals surface area contributed by atoms with E-state index in [-0.39, 0.29) is 17.0 Å². The Bertz CT molecular complexity index is 1190.